The molecule has 1 fully saturated rings. The molecular weight excluding hydrogens is 288 g/mol. The van der Waals surface area contributed by atoms with Crippen molar-refractivity contribution in [2.75, 3.05) is 13.1 Å². The Balaban J connectivity index is 0.000000789. The van der Waals surface area contributed by atoms with Gasteiger partial charge in [-0.2, -0.15) is 0 Å². The fourth-order valence-electron chi connectivity index (χ4n) is 2.46. The fourth-order valence-corrected chi connectivity index (χ4v) is 2.46. The number of hydrogen-bond acceptors (Lipinski definition) is 2. The van der Waals surface area contributed by atoms with E-state index in [9.17, 15) is 8.78 Å². The molecule has 1 heterocycles. The van der Waals surface area contributed by atoms with E-state index in [2.05, 4.69) is 25.7 Å². The van der Waals surface area contributed by atoms with Gasteiger partial charge in [0.25, 0.3) is 6.47 Å². The highest BCUT2D eigenvalue weighted by molar-refractivity contribution is 5.32. The van der Waals surface area contributed by atoms with Crippen molar-refractivity contribution < 1.29 is 18.7 Å². The largest absolute Gasteiger partial charge is 0.483 e. The third-order valence-corrected chi connectivity index (χ3v) is 3.54. The quantitative estimate of drug-likeness (QED) is 0.786. The number of likely N-dealkylation sites (tertiary alicyclic amines) is 1. The highest BCUT2D eigenvalue weighted by atomic mass is 19.1. The lowest BCUT2D eigenvalue weighted by atomic mass is 9.97. The summed E-state index contributed by atoms with van der Waals surface area (Å²) in [5.74, 6) is -0.725. The number of hydrogen-bond donors (Lipinski definition) is 1. The van der Waals surface area contributed by atoms with Gasteiger partial charge in [0.2, 0.25) is 0 Å². The maximum atomic E-state index is 13.7. The maximum Gasteiger partial charge on any atom is 0.290 e. The van der Waals surface area contributed by atoms with E-state index in [0.29, 0.717) is 5.56 Å². The van der Waals surface area contributed by atoms with Gasteiger partial charge in [0, 0.05) is 24.1 Å². The van der Waals surface area contributed by atoms with Crippen LogP contribution in [0.25, 0.3) is 0 Å². The summed E-state index contributed by atoms with van der Waals surface area (Å²) in [6.45, 7) is 12.1. The lowest BCUT2D eigenvalue weighted by Crippen LogP contribution is -2.39. The van der Waals surface area contributed by atoms with Gasteiger partial charge in [0.05, 0.1) is 0 Å². The molecule has 126 valence electrons. The molecule has 1 unspecified atom stereocenters. The Bertz CT molecular complexity index is 458. The Labute approximate surface area is 131 Å². The summed E-state index contributed by atoms with van der Waals surface area (Å²) >= 11 is 0. The summed E-state index contributed by atoms with van der Waals surface area (Å²) < 4.78 is 26.5. The molecule has 1 aliphatic rings. The van der Waals surface area contributed by atoms with Crippen molar-refractivity contribution in [3.8, 4) is 0 Å². The molecule has 0 aliphatic carbocycles. The zero-order valence-corrected chi connectivity index (χ0v) is 14.1. The van der Waals surface area contributed by atoms with Crippen LogP contribution in [-0.2, 0) is 4.79 Å². The molecule has 0 spiro atoms. The molecule has 1 aliphatic heterocycles. The van der Waals surface area contributed by atoms with Gasteiger partial charge in [0.1, 0.15) is 11.6 Å². The van der Waals surface area contributed by atoms with E-state index in [1.165, 1.54) is 6.07 Å². The molecular formula is C17H27F2NO2. The third kappa shape index (κ3) is 6.10. The van der Waals surface area contributed by atoms with E-state index in [-0.39, 0.29) is 17.9 Å². The van der Waals surface area contributed by atoms with Gasteiger partial charge in [-0.3, -0.25) is 9.69 Å². The molecule has 1 aromatic rings. The monoisotopic (exact) mass is 315 g/mol. The minimum absolute atomic E-state index is 0.116. The summed E-state index contributed by atoms with van der Waals surface area (Å²) in [6.07, 6.45) is 0.944. The summed E-state index contributed by atoms with van der Waals surface area (Å²) in [7, 11) is 0. The predicted octanol–water partition coefficient (Wildman–Crippen LogP) is 4.28. The molecule has 0 amide bonds. The van der Waals surface area contributed by atoms with E-state index < -0.39 is 11.6 Å². The summed E-state index contributed by atoms with van der Waals surface area (Å²) in [4.78, 5) is 10.7. The molecule has 3 nitrogen and oxygen atoms in total. The van der Waals surface area contributed by atoms with Crippen molar-refractivity contribution in [3.05, 3.63) is 35.4 Å². The summed E-state index contributed by atoms with van der Waals surface area (Å²) in [5.41, 5.74) is 0.767. The fraction of sp³-hybridized carbons (Fsp3) is 0.588. The first-order valence-corrected chi connectivity index (χ1v) is 7.57. The van der Waals surface area contributed by atoms with Crippen LogP contribution in [0.15, 0.2) is 18.2 Å². The third-order valence-electron chi connectivity index (χ3n) is 3.54. The Morgan fingerprint density at radius 1 is 1.27 bits per heavy atom. The SMILES string of the molecule is CC.CC(C)(C)N1CCC(c2ccc(F)cc2F)C1.O=CO. The first-order valence-electron chi connectivity index (χ1n) is 7.57. The second-order valence-corrected chi connectivity index (χ2v) is 5.87. The van der Waals surface area contributed by atoms with Gasteiger partial charge in [0.15, 0.2) is 0 Å². The first kappa shape index (κ1) is 20.5. The number of carbonyl (C=O) groups is 1. The van der Waals surface area contributed by atoms with Crippen LogP contribution in [0.4, 0.5) is 8.78 Å². The smallest absolute Gasteiger partial charge is 0.290 e. The highest BCUT2D eigenvalue weighted by Crippen LogP contribution is 2.32. The van der Waals surface area contributed by atoms with Crippen molar-refractivity contribution in [3.63, 3.8) is 0 Å². The average molecular weight is 315 g/mol. The average Bonchev–Trinajstić information content (AvgIpc) is 2.91. The number of halogens is 2. The van der Waals surface area contributed by atoms with Gasteiger partial charge < -0.3 is 5.11 Å². The van der Waals surface area contributed by atoms with Crippen LogP contribution >= 0.6 is 0 Å². The van der Waals surface area contributed by atoms with Gasteiger partial charge in [-0.25, -0.2) is 8.78 Å². The molecule has 5 heteroatoms. The normalized spacial score (nSPS) is 17.9. The van der Waals surface area contributed by atoms with Gasteiger partial charge >= 0.3 is 0 Å². The number of benzene rings is 1. The zero-order valence-electron chi connectivity index (χ0n) is 14.1. The Morgan fingerprint density at radius 3 is 2.23 bits per heavy atom. The Morgan fingerprint density at radius 2 is 1.82 bits per heavy atom. The molecule has 1 saturated heterocycles. The molecule has 0 aromatic heterocycles. The van der Waals surface area contributed by atoms with Gasteiger partial charge in [-0.05, 0) is 45.4 Å². The lowest BCUT2D eigenvalue weighted by Gasteiger charge is -2.31. The van der Waals surface area contributed by atoms with Gasteiger partial charge in [-0.1, -0.05) is 19.9 Å². The molecule has 1 atom stereocenters. The minimum atomic E-state index is -0.503. The van der Waals surface area contributed by atoms with E-state index in [1.807, 2.05) is 13.8 Å². The molecule has 0 bridgehead atoms. The number of carboxylic acid groups (broad SMARTS) is 1. The Kier molecular flexibility index (Phi) is 8.87. The number of nitrogens with zero attached hydrogens (tertiary/aromatic N) is 1. The van der Waals surface area contributed by atoms with Crippen LogP contribution in [0.3, 0.4) is 0 Å². The van der Waals surface area contributed by atoms with Crippen molar-refractivity contribution in [1.29, 1.82) is 0 Å². The molecule has 0 saturated carbocycles. The molecule has 22 heavy (non-hydrogen) atoms. The van der Waals surface area contributed by atoms with Crippen molar-refractivity contribution in [1.82, 2.24) is 4.90 Å². The van der Waals surface area contributed by atoms with E-state index in [4.69, 9.17) is 9.90 Å². The lowest BCUT2D eigenvalue weighted by molar-refractivity contribution is -0.122. The minimum Gasteiger partial charge on any atom is -0.483 e. The standard InChI is InChI=1S/C14H19F2N.C2H6.CH2O2/c1-14(2,3)17-7-6-10(9-17)12-5-4-11(15)8-13(12)16;1-2;2-1-3/h4-5,8,10H,6-7,9H2,1-3H3;1-2H3;1H,(H,2,3). The summed E-state index contributed by atoms with van der Waals surface area (Å²) in [5, 5.41) is 6.89. The van der Waals surface area contributed by atoms with Crippen LogP contribution in [0, 0.1) is 11.6 Å². The molecule has 1 aromatic carbocycles. The molecule has 2 rings (SSSR count). The van der Waals surface area contributed by atoms with Crippen molar-refractivity contribution >= 4 is 6.47 Å². The Hall–Kier alpha value is -1.49. The maximum absolute atomic E-state index is 13.7. The van der Waals surface area contributed by atoms with E-state index in [1.54, 1.807) is 6.07 Å². The van der Waals surface area contributed by atoms with Gasteiger partial charge in [-0.15, -0.1) is 0 Å². The van der Waals surface area contributed by atoms with Crippen molar-refractivity contribution in [2.24, 2.45) is 0 Å². The first-order chi connectivity index (χ1) is 10.3. The van der Waals surface area contributed by atoms with Crippen LogP contribution in [0.2, 0.25) is 0 Å². The second-order valence-electron chi connectivity index (χ2n) is 5.87. The summed E-state index contributed by atoms with van der Waals surface area (Å²) in [6, 6.07) is 3.91. The van der Waals surface area contributed by atoms with Crippen molar-refractivity contribution in [2.45, 2.75) is 52.5 Å². The molecule has 1 N–H and O–H groups in total. The van der Waals surface area contributed by atoms with Crippen LogP contribution in [-0.4, -0.2) is 35.1 Å². The second kappa shape index (κ2) is 9.51. The predicted molar refractivity (Wildman–Crippen MR) is 85.1 cm³/mol. The zero-order chi connectivity index (χ0) is 17.3. The molecule has 0 radical (unpaired) electrons. The van der Waals surface area contributed by atoms with E-state index >= 15 is 0 Å². The van der Waals surface area contributed by atoms with Crippen LogP contribution in [0.5, 0.6) is 0 Å². The van der Waals surface area contributed by atoms with E-state index in [0.717, 1.165) is 25.6 Å². The van der Waals surface area contributed by atoms with Crippen LogP contribution < -0.4 is 0 Å². The highest BCUT2D eigenvalue weighted by Gasteiger charge is 2.32. The topological polar surface area (TPSA) is 40.5 Å². The van der Waals surface area contributed by atoms with Crippen LogP contribution in [0.1, 0.15) is 52.5 Å². The number of rotatable bonds is 1.